The highest BCUT2D eigenvalue weighted by Crippen LogP contribution is 2.68. The Morgan fingerprint density at radius 2 is 1.81 bits per heavy atom. The fourth-order valence-electron chi connectivity index (χ4n) is 4.89. The molecule has 232 valence electrons. The van der Waals surface area contributed by atoms with Crippen molar-refractivity contribution in [2.45, 2.75) is 89.7 Å². The Hall–Kier alpha value is -3.60. The Labute approximate surface area is 248 Å². The molecule has 0 spiro atoms. The fourth-order valence-corrected chi connectivity index (χ4v) is 6.59. The van der Waals surface area contributed by atoms with Crippen molar-refractivity contribution in [3.8, 4) is 11.8 Å². The standard InChI is InChI=1S/C28H35N4O10P/c1-16(2)23(33)40-28-21(39-27(15-29,26(28,7)36)32-14-13-18(5)30-25(32)35)22(28)42-43(37,41-20-11-9-8-10-12-20)31-19(6)24(34)38-17(3)4/h8-14,16-17,19,21-22,36H,1-7H3,(H,31,37). The first-order valence-electron chi connectivity index (χ1n) is 13.7. The van der Waals surface area contributed by atoms with Crippen LogP contribution in [0.3, 0.4) is 0 Å². The molecule has 43 heavy (non-hydrogen) atoms. The number of carbonyl (C=O) groups is 2. The number of fused-ring (bicyclic) bond motifs is 1. The lowest BCUT2D eigenvalue weighted by atomic mass is 9.85. The predicted molar refractivity (Wildman–Crippen MR) is 149 cm³/mol. The van der Waals surface area contributed by atoms with Gasteiger partial charge in [0.25, 0.3) is 5.72 Å². The summed E-state index contributed by atoms with van der Waals surface area (Å²) in [7, 11) is -4.54. The van der Waals surface area contributed by atoms with Gasteiger partial charge in [0, 0.05) is 11.9 Å². The molecule has 4 rings (SSSR count). The van der Waals surface area contributed by atoms with E-state index in [1.54, 1.807) is 52.8 Å². The highest BCUT2D eigenvalue weighted by atomic mass is 31.2. The lowest BCUT2D eigenvalue weighted by Crippen LogP contribution is -2.63. The highest BCUT2D eigenvalue weighted by molar-refractivity contribution is 7.52. The number of esters is 2. The van der Waals surface area contributed by atoms with Crippen LogP contribution in [0.5, 0.6) is 5.75 Å². The van der Waals surface area contributed by atoms with Gasteiger partial charge in [-0.05, 0) is 52.8 Å². The van der Waals surface area contributed by atoms with Gasteiger partial charge in [-0.1, -0.05) is 32.0 Å². The zero-order chi connectivity index (χ0) is 32.0. The Morgan fingerprint density at radius 1 is 1.16 bits per heavy atom. The Balaban J connectivity index is 1.76. The molecule has 1 saturated carbocycles. The van der Waals surface area contributed by atoms with Crippen LogP contribution in [0.4, 0.5) is 0 Å². The predicted octanol–water partition coefficient (Wildman–Crippen LogP) is 2.33. The first kappa shape index (κ1) is 32.3. The van der Waals surface area contributed by atoms with E-state index in [0.717, 1.165) is 11.5 Å². The molecular formula is C28H35N4O10P. The highest BCUT2D eigenvalue weighted by Gasteiger charge is 2.92. The third-order valence-corrected chi connectivity index (χ3v) is 8.84. The SMILES string of the molecule is Cc1ccn(C2(C#N)OC3C(OP(=O)(NC(C)C(=O)OC(C)C)Oc4ccccc4)C3(OC(=O)C(C)C)C2(C)O)c(=O)n1. The Kier molecular flexibility index (Phi) is 8.63. The summed E-state index contributed by atoms with van der Waals surface area (Å²) >= 11 is 0. The van der Waals surface area contributed by atoms with E-state index in [2.05, 4.69) is 10.1 Å². The molecule has 0 bridgehead atoms. The van der Waals surface area contributed by atoms with E-state index >= 15 is 0 Å². The number of carbonyl (C=O) groups excluding carboxylic acids is 2. The van der Waals surface area contributed by atoms with Crippen LogP contribution in [0.25, 0.3) is 0 Å². The minimum atomic E-state index is -4.54. The molecular weight excluding hydrogens is 583 g/mol. The maximum absolute atomic E-state index is 14.3. The van der Waals surface area contributed by atoms with Gasteiger partial charge in [0.15, 0.2) is 5.60 Å². The number of aromatic nitrogens is 2. The van der Waals surface area contributed by atoms with Crippen LogP contribution in [0.15, 0.2) is 47.4 Å². The maximum atomic E-state index is 14.3. The zero-order valence-corrected chi connectivity index (χ0v) is 25.7. The summed E-state index contributed by atoms with van der Waals surface area (Å²) in [6, 6.07) is 10.0. The number of ether oxygens (including phenoxy) is 3. The summed E-state index contributed by atoms with van der Waals surface area (Å²) < 4.78 is 43.7. The number of hydrogen-bond acceptors (Lipinski definition) is 12. The minimum absolute atomic E-state index is 0.109. The van der Waals surface area contributed by atoms with Crippen molar-refractivity contribution in [1.29, 1.82) is 5.26 Å². The summed E-state index contributed by atoms with van der Waals surface area (Å²) in [5.41, 5.74) is -7.56. The van der Waals surface area contributed by atoms with Gasteiger partial charge in [-0.25, -0.2) is 9.36 Å². The molecule has 2 heterocycles. The van der Waals surface area contributed by atoms with E-state index < -0.39 is 72.6 Å². The molecule has 2 aromatic rings. The zero-order valence-electron chi connectivity index (χ0n) is 24.8. The van der Waals surface area contributed by atoms with Gasteiger partial charge in [0.2, 0.25) is 5.60 Å². The van der Waals surface area contributed by atoms with Crippen molar-refractivity contribution in [2.75, 3.05) is 0 Å². The third-order valence-electron chi connectivity index (χ3n) is 7.18. The lowest BCUT2D eigenvalue weighted by molar-refractivity contribution is -0.211. The van der Waals surface area contributed by atoms with Gasteiger partial charge in [0.1, 0.15) is 30.1 Å². The number of aryl methyl sites for hydroxylation is 1. The molecule has 7 atom stereocenters. The van der Waals surface area contributed by atoms with Crippen molar-refractivity contribution < 1.29 is 42.5 Å². The number of benzene rings is 1. The van der Waals surface area contributed by atoms with E-state index in [9.17, 15) is 29.3 Å². The van der Waals surface area contributed by atoms with Crippen LogP contribution < -0.4 is 15.3 Å². The van der Waals surface area contributed by atoms with Crippen LogP contribution in [0, 0.1) is 24.2 Å². The number of para-hydroxylation sites is 1. The van der Waals surface area contributed by atoms with E-state index in [4.69, 9.17) is 23.3 Å². The molecule has 2 N–H and O–H groups in total. The fraction of sp³-hybridized carbons (Fsp3) is 0.536. The van der Waals surface area contributed by atoms with Crippen molar-refractivity contribution >= 4 is 19.7 Å². The van der Waals surface area contributed by atoms with Crippen molar-refractivity contribution in [3.05, 3.63) is 58.8 Å². The molecule has 14 nitrogen and oxygen atoms in total. The first-order valence-corrected chi connectivity index (χ1v) is 15.2. The number of aliphatic hydroxyl groups is 1. The van der Waals surface area contributed by atoms with Gasteiger partial charge in [0.05, 0.1) is 12.0 Å². The molecule has 1 saturated heterocycles. The van der Waals surface area contributed by atoms with E-state index in [-0.39, 0.29) is 5.75 Å². The number of nitrogens with zero attached hydrogens (tertiary/aromatic N) is 3. The number of nitrogens with one attached hydrogen (secondary N) is 1. The monoisotopic (exact) mass is 618 g/mol. The molecule has 1 aliphatic carbocycles. The number of hydrogen-bond donors (Lipinski definition) is 2. The maximum Gasteiger partial charge on any atom is 0.459 e. The second-order valence-electron chi connectivity index (χ2n) is 11.2. The van der Waals surface area contributed by atoms with Crippen molar-refractivity contribution in [3.63, 3.8) is 0 Å². The normalized spacial score (nSPS) is 29.7. The molecule has 2 fully saturated rings. The molecule has 1 aromatic heterocycles. The Bertz CT molecular complexity index is 1540. The summed E-state index contributed by atoms with van der Waals surface area (Å²) in [6.07, 6.45) is -2.11. The topological polar surface area (TPSA) is 188 Å². The van der Waals surface area contributed by atoms with Crippen LogP contribution in [0.2, 0.25) is 0 Å². The third kappa shape index (κ3) is 5.59. The lowest BCUT2D eigenvalue weighted by Gasteiger charge is -2.40. The first-order chi connectivity index (χ1) is 20.0. The smallest absolute Gasteiger partial charge is 0.459 e. The largest absolute Gasteiger partial charge is 0.462 e. The van der Waals surface area contributed by atoms with E-state index in [1.807, 2.05) is 6.07 Å². The summed E-state index contributed by atoms with van der Waals surface area (Å²) in [4.78, 5) is 42.2. The molecule has 15 heteroatoms. The van der Waals surface area contributed by atoms with Crippen LogP contribution in [-0.4, -0.2) is 62.2 Å². The quantitative estimate of drug-likeness (QED) is 0.276. The molecule has 2 aliphatic rings. The second kappa shape index (κ2) is 11.5. The average Bonchev–Trinajstić information content (AvgIpc) is 3.44. The number of rotatable bonds is 11. The molecule has 7 unspecified atom stereocenters. The van der Waals surface area contributed by atoms with Gasteiger partial charge >= 0.3 is 25.4 Å². The summed E-state index contributed by atoms with van der Waals surface area (Å²) in [5, 5.41) is 24.9. The van der Waals surface area contributed by atoms with Crippen molar-refractivity contribution in [2.24, 2.45) is 5.92 Å². The molecule has 0 amide bonds. The second-order valence-corrected chi connectivity index (χ2v) is 12.9. The van der Waals surface area contributed by atoms with Gasteiger partial charge in [-0.3, -0.25) is 18.7 Å². The van der Waals surface area contributed by atoms with E-state index in [1.165, 1.54) is 31.3 Å². The van der Waals surface area contributed by atoms with E-state index in [0.29, 0.717) is 5.69 Å². The van der Waals surface area contributed by atoms with Crippen LogP contribution in [-0.2, 0) is 38.6 Å². The molecule has 1 aliphatic heterocycles. The summed E-state index contributed by atoms with van der Waals surface area (Å²) in [5.74, 6) is -2.11. The van der Waals surface area contributed by atoms with Crippen LogP contribution >= 0.6 is 7.75 Å². The molecule has 0 radical (unpaired) electrons. The van der Waals surface area contributed by atoms with Crippen molar-refractivity contribution in [1.82, 2.24) is 14.6 Å². The minimum Gasteiger partial charge on any atom is -0.462 e. The summed E-state index contributed by atoms with van der Waals surface area (Å²) in [6.45, 7) is 10.5. The van der Waals surface area contributed by atoms with Gasteiger partial charge in [-0.15, -0.1) is 0 Å². The molecule has 1 aromatic carbocycles. The average molecular weight is 619 g/mol. The number of nitriles is 1. The Morgan fingerprint density at radius 3 is 2.37 bits per heavy atom. The van der Waals surface area contributed by atoms with Gasteiger partial charge < -0.3 is 23.8 Å². The van der Waals surface area contributed by atoms with Crippen LogP contribution in [0.1, 0.15) is 47.2 Å². The van der Waals surface area contributed by atoms with Gasteiger partial charge in [-0.2, -0.15) is 15.3 Å².